The van der Waals surface area contributed by atoms with Gasteiger partial charge < -0.3 is 0 Å². The Kier molecular flexibility index (Phi) is 6.13. The van der Waals surface area contributed by atoms with Crippen molar-refractivity contribution in [3.63, 3.8) is 0 Å². The van der Waals surface area contributed by atoms with Crippen LogP contribution in [0.5, 0.6) is 0 Å². The smallest absolute Gasteiger partial charge is 0.212 e. The number of nitrogens with one attached hydrogen (secondary N) is 1. The number of halogens is 1. The SMILES string of the molecule is CC#CCNS(=O)(=O)CC(C)CCl. The Bertz CT molecular complexity index is 289. The lowest BCUT2D eigenvalue weighted by molar-refractivity contribution is 0.573. The molecule has 0 rings (SSSR count). The average Bonchev–Trinajstić information content (AvgIpc) is 2.03. The van der Waals surface area contributed by atoms with E-state index in [2.05, 4.69) is 16.6 Å². The minimum Gasteiger partial charge on any atom is -0.212 e. The van der Waals surface area contributed by atoms with E-state index < -0.39 is 10.0 Å². The van der Waals surface area contributed by atoms with Crippen LogP contribution in [0.3, 0.4) is 0 Å². The van der Waals surface area contributed by atoms with Gasteiger partial charge in [-0.2, -0.15) is 0 Å². The van der Waals surface area contributed by atoms with Crippen LogP contribution in [-0.2, 0) is 10.0 Å². The van der Waals surface area contributed by atoms with Crippen molar-refractivity contribution in [3.05, 3.63) is 0 Å². The molecule has 5 heteroatoms. The second-order valence-corrected chi connectivity index (χ2v) is 4.95. The fourth-order valence-corrected chi connectivity index (χ4v) is 2.23. The Morgan fingerprint density at radius 2 is 2.15 bits per heavy atom. The molecule has 0 aliphatic carbocycles. The zero-order chi connectivity index (χ0) is 10.3. The quantitative estimate of drug-likeness (QED) is 0.554. The van der Waals surface area contributed by atoms with Crippen LogP contribution < -0.4 is 4.72 Å². The molecule has 0 spiro atoms. The van der Waals surface area contributed by atoms with Crippen LogP contribution in [0.2, 0.25) is 0 Å². The second kappa shape index (κ2) is 6.25. The highest BCUT2D eigenvalue weighted by Crippen LogP contribution is 2.01. The Morgan fingerprint density at radius 1 is 1.54 bits per heavy atom. The van der Waals surface area contributed by atoms with E-state index in [1.165, 1.54) is 0 Å². The molecule has 0 amide bonds. The van der Waals surface area contributed by atoms with Crippen LogP contribution in [-0.4, -0.2) is 26.6 Å². The molecule has 1 unspecified atom stereocenters. The molecule has 1 atom stereocenters. The maximum Gasteiger partial charge on any atom is 0.212 e. The third-order valence-electron chi connectivity index (χ3n) is 1.32. The van der Waals surface area contributed by atoms with Gasteiger partial charge in [-0.1, -0.05) is 12.8 Å². The molecular weight excluding hydrogens is 210 g/mol. The van der Waals surface area contributed by atoms with Gasteiger partial charge in [-0.15, -0.1) is 17.5 Å². The van der Waals surface area contributed by atoms with Crippen molar-refractivity contribution in [2.24, 2.45) is 5.92 Å². The van der Waals surface area contributed by atoms with E-state index >= 15 is 0 Å². The van der Waals surface area contributed by atoms with Gasteiger partial charge in [0.05, 0.1) is 12.3 Å². The zero-order valence-electron chi connectivity index (χ0n) is 7.80. The third kappa shape index (κ3) is 6.88. The van der Waals surface area contributed by atoms with Crippen molar-refractivity contribution in [1.82, 2.24) is 4.72 Å². The normalized spacial score (nSPS) is 13.2. The summed E-state index contributed by atoms with van der Waals surface area (Å²) in [5.41, 5.74) is 0. The molecule has 0 aliphatic heterocycles. The van der Waals surface area contributed by atoms with E-state index in [1.807, 2.05) is 0 Å². The highest BCUT2D eigenvalue weighted by Gasteiger charge is 2.13. The Balaban J connectivity index is 3.99. The largest absolute Gasteiger partial charge is 0.212 e. The Labute approximate surface area is 84.9 Å². The van der Waals surface area contributed by atoms with Gasteiger partial charge in [0.25, 0.3) is 0 Å². The summed E-state index contributed by atoms with van der Waals surface area (Å²) < 4.78 is 24.8. The van der Waals surface area contributed by atoms with Gasteiger partial charge in [-0.25, -0.2) is 13.1 Å². The maximum absolute atomic E-state index is 11.2. The molecular formula is C8H14ClNO2S. The summed E-state index contributed by atoms with van der Waals surface area (Å²) in [6, 6.07) is 0. The topological polar surface area (TPSA) is 46.2 Å². The van der Waals surface area contributed by atoms with Crippen LogP contribution >= 0.6 is 11.6 Å². The van der Waals surface area contributed by atoms with Gasteiger partial charge in [-0.3, -0.25) is 0 Å². The average molecular weight is 224 g/mol. The van der Waals surface area contributed by atoms with E-state index in [0.717, 1.165) is 0 Å². The van der Waals surface area contributed by atoms with Crippen LogP contribution in [0.4, 0.5) is 0 Å². The lowest BCUT2D eigenvalue weighted by Gasteiger charge is -2.07. The van der Waals surface area contributed by atoms with E-state index in [-0.39, 0.29) is 18.2 Å². The third-order valence-corrected chi connectivity index (χ3v) is 3.44. The minimum absolute atomic E-state index is 0.0336. The molecule has 1 N–H and O–H groups in total. The molecule has 0 heterocycles. The summed E-state index contributed by atoms with van der Waals surface area (Å²) in [5.74, 6) is 5.60. The maximum atomic E-state index is 11.2. The first-order valence-electron chi connectivity index (χ1n) is 3.94. The molecule has 0 saturated heterocycles. The van der Waals surface area contributed by atoms with E-state index in [0.29, 0.717) is 5.88 Å². The van der Waals surface area contributed by atoms with Crippen molar-refractivity contribution >= 4 is 21.6 Å². The molecule has 0 aromatic heterocycles. The standard InChI is InChI=1S/C8H14ClNO2S/c1-3-4-5-10-13(11,12)7-8(2)6-9/h8,10H,5-7H2,1-2H3. The molecule has 13 heavy (non-hydrogen) atoms. The zero-order valence-corrected chi connectivity index (χ0v) is 9.37. The van der Waals surface area contributed by atoms with Crippen molar-refractivity contribution in [2.75, 3.05) is 18.2 Å². The monoisotopic (exact) mass is 223 g/mol. The number of hydrogen-bond donors (Lipinski definition) is 1. The van der Waals surface area contributed by atoms with Crippen LogP contribution in [0, 0.1) is 17.8 Å². The second-order valence-electron chi connectivity index (χ2n) is 2.79. The summed E-state index contributed by atoms with van der Waals surface area (Å²) in [6.45, 7) is 3.63. The highest BCUT2D eigenvalue weighted by atomic mass is 35.5. The molecule has 0 radical (unpaired) electrons. The predicted octanol–water partition coefficient (Wildman–Crippen LogP) is 0.804. The lowest BCUT2D eigenvalue weighted by atomic mass is 10.3. The number of sulfonamides is 1. The molecule has 0 aromatic rings. The first-order valence-corrected chi connectivity index (χ1v) is 6.13. The Hall–Kier alpha value is -0.240. The Morgan fingerprint density at radius 3 is 2.62 bits per heavy atom. The van der Waals surface area contributed by atoms with Gasteiger partial charge >= 0.3 is 0 Å². The van der Waals surface area contributed by atoms with Gasteiger partial charge in [0.15, 0.2) is 0 Å². The molecule has 3 nitrogen and oxygen atoms in total. The van der Waals surface area contributed by atoms with E-state index in [1.54, 1.807) is 13.8 Å². The lowest BCUT2D eigenvalue weighted by Crippen LogP contribution is -2.29. The molecule has 76 valence electrons. The van der Waals surface area contributed by atoms with Crippen LogP contribution in [0.1, 0.15) is 13.8 Å². The van der Waals surface area contributed by atoms with Crippen molar-refractivity contribution in [3.8, 4) is 11.8 Å². The predicted molar refractivity (Wildman–Crippen MR) is 55.1 cm³/mol. The highest BCUT2D eigenvalue weighted by molar-refractivity contribution is 7.89. The molecule has 0 aromatic carbocycles. The minimum atomic E-state index is -3.20. The number of hydrogen-bond acceptors (Lipinski definition) is 2. The van der Waals surface area contributed by atoms with Gasteiger partial charge in [0, 0.05) is 5.88 Å². The van der Waals surface area contributed by atoms with E-state index in [9.17, 15) is 8.42 Å². The van der Waals surface area contributed by atoms with Crippen molar-refractivity contribution < 1.29 is 8.42 Å². The molecule has 0 aliphatic rings. The first-order chi connectivity index (χ1) is 6.02. The number of rotatable bonds is 5. The summed E-state index contributed by atoms with van der Waals surface area (Å²) in [4.78, 5) is 0. The first kappa shape index (κ1) is 12.8. The summed E-state index contributed by atoms with van der Waals surface area (Å²) in [5, 5.41) is 0. The number of alkyl halides is 1. The van der Waals surface area contributed by atoms with Gasteiger partial charge in [0.2, 0.25) is 10.0 Å². The summed E-state index contributed by atoms with van der Waals surface area (Å²) >= 11 is 5.50. The van der Waals surface area contributed by atoms with E-state index in [4.69, 9.17) is 11.6 Å². The fraction of sp³-hybridized carbons (Fsp3) is 0.750. The van der Waals surface area contributed by atoms with Gasteiger partial charge in [0.1, 0.15) is 0 Å². The summed E-state index contributed by atoms with van der Waals surface area (Å²) in [6.07, 6.45) is 0. The molecule has 0 bridgehead atoms. The molecule has 0 saturated carbocycles. The van der Waals surface area contributed by atoms with Crippen LogP contribution in [0.25, 0.3) is 0 Å². The van der Waals surface area contributed by atoms with Gasteiger partial charge in [-0.05, 0) is 12.8 Å². The van der Waals surface area contributed by atoms with Crippen LogP contribution in [0.15, 0.2) is 0 Å². The van der Waals surface area contributed by atoms with Crippen molar-refractivity contribution in [1.29, 1.82) is 0 Å². The van der Waals surface area contributed by atoms with Crippen molar-refractivity contribution in [2.45, 2.75) is 13.8 Å². The summed E-state index contributed by atoms with van der Waals surface area (Å²) in [7, 11) is -3.20. The fourth-order valence-electron chi connectivity index (χ4n) is 0.712. The molecule has 0 fully saturated rings.